The van der Waals surface area contributed by atoms with Crippen LogP contribution in [0.25, 0.3) is 0 Å². The molecule has 1 rings (SSSR count). The first-order chi connectivity index (χ1) is 6.72. The van der Waals surface area contributed by atoms with Crippen LogP contribution in [-0.4, -0.2) is 20.2 Å². The molecule has 5 heteroatoms. The van der Waals surface area contributed by atoms with Crippen molar-refractivity contribution in [1.82, 2.24) is 0 Å². The summed E-state index contributed by atoms with van der Waals surface area (Å²) in [5, 5.41) is 0. The first-order valence-corrected chi connectivity index (χ1v) is 5.42. The number of hydrogen-bond donors (Lipinski definition) is 0. The maximum Gasteiger partial charge on any atom is 0.337 e. The molecular formula is C9H9ClO3S. The van der Waals surface area contributed by atoms with Gasteiger partial charge in [0.1, 0.15) is 5.75 Å². The van der Waals surface area contributed by atoms with Gasteiger partial charge in [-0.05, 0) is 39.9 Å². The van der Waals surface area contributed by atoms with Crippen molar-refractivity contribution in [2.45, 2.75) is 4.90 Å². The first-order valence-electron chi connectivity index (χ1n) is 3.78. The van der Waals surface area contributed by atoms with Crippen molar-refractivity contribution < 1.29 is 14.3 Å². The second-order valence-electron chi connectivity index (χ2n) is 2.43. The number of halogens is 1. The van der Waals surface area contributed by atoms with Gasteiger partial charge in [-0.15, -0.1) is 0 Å². The van der Waals surface area contributed by atoms with Gasteiger partial charge in [0.2, 0.25) is 0 Å². The van der Waals surface area contributed by atoms with Gasteiger partial charge in [0.15, 0.2) is 0 Å². The number of methoxy groups -OCH3 is 2. The molecule has 76 valence electrons. The molecule has 0 aliphatic heterocycles. The molecule has 0 aromatic heterocycles. The number of esters is 1. The average molecular weight is 233 g/mol. The Kier molecular flexibility index (Phi) is 4.10. The van der Waals surface area contributed by atoms with Gasteiger partial charge in [-0.25, -0.2) is 4.79 Å². The fourth-order valence-electron chi connectivity index (χ4n) is 0.976. The third-order valence-electron chi connectivity index (χ3n) is 1.67. The minimum atomic E-state index is -0.394. The van der Waals surface area contributed by atoms with E-state index in [1.165, 1.54) is 14.2 Å². The lowest BCUT2D eigenvalue weighted by Gasteiger charge is -2.06. The number of hydrogen-bond acceptors (Lipinski definition) is 4. The highest BCUT2D eigenvalue weighted by molar-refractivity contribution is 8.21. The molecule has 0 N–H and O–H groups in total. The fourth-order valence-corrected chi connectivity index (χ4v) is 1.70. The molecule has 0 aliphatic carbocycles. The molecule has 0 fully saturated rings. The number of benzene rings is 1. The first kappa shape index (κ1) is 11.2. The molecule has 0 unspecified atom stereocenters. The van der Waals surface area contributed by atoms with E-state index in [0.717, 1.165) is 15.9 Å². The number of carbonyl (C=O) groups is 1. The Hall–Kier alpha value is -0.870. The van der Waals surface area contributed by atoms with Crippen LogP contribution in [0.1, 0.15) is 10.4 Å². The van der Waals surface area contributed by atoms with Gasteiger partial charge in [-0.1, -0.05) is 0 Å². The zero-order valence-electron chi connectivity index (χ0n) is 7.74. The van der Waals surface area contributed by atoms with Crippen LogP contribution in [-0.2, 0) is 4.74 Å². The third-order valence-corrected chi connectivity index (χ3v) is 2.67. The zero-order chi connectivity index (χ0) is 10.6. The topological polar surface area (TPSA) is 35.5 Å². The standard InChI is InChI=1S/C9H9ClO3S/c1-12-7-5-6(9(11)13-2)3-4-8(7)14-10/h3-5H,1-2H3. The molecule has 0 spiro atoms. The van der Waals surface area contributed by atoms with E-state index in [-0.39, 0.29) is 0 Å². The van der Waals surface area contributed by atoms with Crippen LogP contribution < -0.4 is 4.74 Å². The van der Waals surface area contributed by atoms with Crippen LogP contribution in [0.5, 0.6) is 5.75 Å². The Morgan fingerprint density at radius 3 is 2.64 bits per heavy atom. The Morgan fingerprint density at radius 2 is 2.14 bits per heavy atom. The number of ether oxygens (including phenoxy) is 2. The summed E-state index contributed by atoms with van der Waals surface area (Å²) in [4.78, 5) is 11.9. The summed E-state index contributed by atoms with van der Waals surface area (Å²) in [6.07, 6.45) is 0. The highest BCUT2D eigenvalue weighted by atomic mass is 35.7. The number of carbonyl (C=O) groups excluding carboxylic acids is 1. The SMILES string of the molecule is COC(=O)c1ccc(SCl)c(OC)c1. The Balaban J connectivity index is 3.07. The van der Waals surface area contributed by atoms with Gasteiger partial charge in [0.25, 0.3) is 0 Å². The second kappa shape index (κ2) is 5.12. The van der Waals surface area contributed by atoms with E-state index < -0.39 is 5.97 Å². The fraction of sp³-hybridized carbons (Fsp3) is 0.222. The lowest BCUT2D eigenvalue weighted by molar-refractivity contribution is 0.0600. The van der Waals surface area contributed by atoms with Crippen molar-refractivity contribution in [2.24, 2.45) is 0 Å². The van der Waals surface area contributed by atoms with Crippen LogP contribution in [0.4, 0.5) is 0 Å². The average Bonchev–Trinajstić information content (AvgIpc) is 2.26. The van der Waals surface area contributed by atoms with Crippen molar-refractivity contribution >= 4 is 27.6 Å². The summed E-state index contributed by atoms with van der Waals surface area (Å²) >= 11 is 0. The maximum atomic E-state index is 11.2. The van der Waals surface area contributed by atoms with Gasteiger partial charge in [-0.3, -0.25) is 0 Å². The summed E-state index contributed by atoms with van der Waals surface area (Å²) in [6, 6.07) is 4.94. The van der Waals surface area contributed by atoms with E-state index >= 15 is 0 Å². The van der Waals surface area contributed by atoms with Crippen molar-refractivity contribution in [3.63, 3.8) is 0 Å². The molecule has 0 saturated heterocycles. The summed E-state index contributed by atoms with van der Waals surface area (Å²) in [6.45, 7) is 0. The van der Waals surface area contributed by atoms with Crippen LogP contribution in [0.2, 0.25) is 0 Å². The number of rotatable bonds is 3. The van der Waals surface area contributed by atoms with E-state index in [4.69, 9.17) is 15.4 Å². The van der Waals surface area contributed by atoms with E-state index in [1.807, 2.05) is 0 Å². The van der Waals surface area contributed by atoms with Crippen LogP contribution in [0.3, 0.4) is 0 Å². The molecule has 0 aliphatic rings. The van der Waals surface area contributed by atoms with Crippen LogP contribution >= 0.6 is 21.7 Å². The third kappa shape index (κ3) is 2.33. The van der Waals surface area contributed by atoms with E-state index in [9.17, 15) is 4.79 Å². The normalized spacial score (nSPS) is 9.64. The highest BCUT2D eigenvalue weighted by Gasteiger charge is 2.09. The molecule has 14 heavy (non-hydrogen) atoms. The smallest absolute Gasteiger partial charge is 0.337 e. The summed E-state index contributed by atoms with van der Waals surface area (Å²) in [5.41, 5.74) is 0.443. The van der Waals surface area contributed by atoms with E-state index in [2.05, 4.69) is 4.74 Å². The van der Waals surface area contributed by atoms with Gasteiger partial charge >= 0.3 is 5.97 Å². The molecule has 0 amide bonds. The van der Waals surface area contributed by atoms with Crippen molar-refractivity contribution in [2.75, 3.05) is 14.2 Å². The van der Waals surface area contributed by atoms with Crippen molar-refractivity contribution in [1.29, 1.82) is 0 Å². The molecule has 0 bridgehead atoms. The molecular weight excluding hydrogens is 224 g/mol. The minimum Gasteiger partial charge on any atom is -0.496 e. The molecule has 0 atom stereocenters. The predicted octanol–water partition coefficient (Wildman–Crippen LogP) is 2.73. The maximum absolute atomic E-state index is 11.2. The van der Waals surface area contributed by atoms with Gasteiger partial charge in [0.05, 0.1) is 24.7 Å². The largest absolute Gasteiger partial charge is 0.496 e. The summed E-state index contributed by atoms with van der Waals surface area (Å²) in [7, 11) is 9.49. The Bertz CT molecular complexity index is 341. The Morgan fingerprint density at radius 1 is 1.43 bits per heavy atom. The van der Waals surface area contributed by atoms with Crippen molar-refractivity contribution in [3.05, 3.63) is 23.8 Å². The monoisotopic (exact) mass is 232 g/mol. The van der Waals surface area contributed by atoms with Crippen molar-refractivity contribution in [3.8, 4) is 5.75 Å². The van der Waals surface area contributed by atoms with E-state index in [0.29, 0.717) is 11.3 Å². The molecule has 0 heterocycles. The second-order valence-corrected chi connectivity index (χ2v) is 3.49. The molecule has 1 aromatic carbocycles. The minimum absolute atomic E-state index is 0.394. The van der Waals surface area contributed by atoms with Gasteiger partial charge in [-0.2, -0.15) is 0 Å². The highest BCUT2D eigenvalue weighted by Crippen LogP contribution is 2.32. The molecule has 0 saturated carbocycles. The van der Waals surface area contributed by atoms with Crippen LogP contribution in [0, 0.1) is 0 Å². The Labute approximate surface area is 90.8 Å². The molecule has 1 aromatic rings. The molecule has 3 nitrogen and oxygen atoms in total. The van der Waals surface area contributed by atoms with Gasteiger partial charge in [0, 0.05) is 0 Å². The predicted molar refractivity (Wildman–Crippen MR) is 56.0 cm³/mol. The lowest BCUT2D eigenvalue weighted by atomic mass is 10.2. The van der Waals surface area contributed by atoms with E-state index in [1.54, 1.807) is 18.2 Å². The summed E-state index contributed by atoms with van der Waals surface area (Å²) < 4.78 is 9.63. The quantitative estimate of drug-likeness (QED) is 0.751. The van der Waals surface area contributed by atoms with Crippen LogP contribution in [0.15, 0.2) is 23.1 Å². The summed E-state index contributed by atoms with van der Waals surface area (Å²) in [5.74, 6) is 0.169. The van der Waals surface area contributed by atoms with Gasteiger partial charge < -0.3 is 9.47 Å². The lowest BCUT2D eigenvalue weighted by Crippen LogP contribution is -2.01. The molecule has 0 radical (unpaired) electrons. The zero-order valence-corrected chi connectivity index (χ0v) is 9.32.